The maximum Gasteiger partial charge on any atom is 0.133 e. The molecule has 6 heteroatoms. The quantitative estimate of drug-likeness (QED) is 0.903. The van der Waals surface area contributed by atoms with Gasteiger partial charge < -0.3 is 5.32 Å². The highest BCUT2D eigenvalue weighted by molar-refractivity contribution is 5.85. The zero-order chi connectivity index (χ0) is 12.4. The number of aryl methyl sites for hydroxylation is 1. The topological polar surface area (TPSA) is 15.3 Å². The number of hydrogen-bond acceptors (Lipinski definition) is 2. The van der Waals surface area contributed by atoms with Gasteiger partial charge in [0.1, 0.15) is 11.6 Å². The maximum atomic E-state index is 14.0. The predicted octanol–water partition coefficient (Wildman–Crippen LogP) is 3.08. The molecule has 0 aromatic heterocycles. The van der Waals surface area contributed by atoms with E-state index < -0.39 is 11.6 Å². The number of halogens is 4. The average molecular weight is 313 g/mol. The highest BCUT2D eigenvalue weighted by atomic mass is 35.5. The van der Waals surface area contributed by atoms with Crippen molar-refractivity contribution in [2.45, 2.75) is 19.9 Å². The second-order valence-electron chi connectivity index (χ2n) is 4.55. The molecule has 1 heterocycles. The zero-order valence-electron chi connectivity index (χ0n) is 11.1. The molecule has 1 atom stereocenters. The summed E-state index contributed by atoms with van der Waals surface area (Å²) in [7, 11) is 0. The Morgan fingerprint density at radius 2 is 1.74 bits per heavy atom. The van der Waals surface area contributed by atoms with Crippen molar-refractivity contribution in [3.8, 4) is 0 Å². The van der Waals surface area contributed by atoms with E-state index in [9.17, 15) is 8.78 Å². The molecule has 0 unspecified atom stereocenters. The average Bonchev–Trinajstić information content (AvgIpc) is 2.35. The van der Waals surface area contributed by atoms with Gasteiger partial charge in [0, 0.05) is 37.8 Å². The van der Waals surface area contributed by atoms with Crippen LogP contribution in [0.5, 0.6) is 0 Å². The van der Waals surface area contributed by atoms with Crippen molar-refractivity contribution in [3.05, 3.63) is 34.9 Å². The van der Waals surface area contributed by atoms with Crippen molar-refractivity contribution in [3.63, 3.8) is 0 Å². The van der Waals surface area contributed by atoms with Gasteiger partial charge in [-0.05, 0) is 25.5 Å². The molecule has 2 nitrogen and oxygen atoms in total. The number of benzene rings is 1. The van der Waals surface area contributed by atoms with Crippen molar-refractivity contribution in [1.29, 1.82) is 0 Å². The molecule has 0 bridgehead atoms. The Labute approximate surface area is 125 Å². The van der Waals surface area contributed by atoms with E-state index >= 15 is 0 Å². The van der Waals surface area contributed by atoms with Gasteiger partial charge in [0.15, 0.2) is 0 Å². The van der Waals surface area contributed by atoms with Gasteiger partial charge in [-0.15, -0.1) is 24.8 Å². The van der Waals surface area contributed by atoms with Gasteiger partial charge >= 0.3 is 0 Å². The molecule has 1 aliphatic rings. The lowest BCUT2D eigenvalue weighted by atomic mass is 10.0. The van der Waals surface area contributed by atoms with E-state index in [4.69, 9.17) is 0 Å². The molecular weight excluding hydrogens is 293 g/mol. The van der Waals surface area contributed by atoms with E-state index in [0.29, 0.717) is 5.56 Å². The van der Waals surface area contributed by atoms with Crippen LogP contribution in [0, 0.1) is 18.6 Å². The molecule has 0 spiro atoms. The molecule has 0 radical (unpaired) electrons. The predicted molar refractivity (Wildman–Crippen MR) is 78.4 cm³/mol. The van der Waals surface area contributed by atoms with Crippen molar-refractivity contribution in [1.82, 2.24) is 10.2 Å². The summed E-state index contributed by atoms with van der Waals surface area (Å²) in [5.41, 5.74) is 0.704. The lowest BCUT2D eigenvalue weighted by molar-refractivity contribution is 0.179. The van der Waals surface area contributed by atoms with Gasteiger partial charge in [-0.1, -0.05) is 6.07 Å². The van der Waals surface area contributed by atoms with Gasteiger partial charge in [-0.3, -0.25) is 4.90 Å². The van der Waals surface area contributed by atoms with E-state index in [1.165, 1.54) is 12.1 Å². The van der Waals surface area contributed by atoms with Crippen LogP contribution in [0.4, 0.5) is 8.78 Å². The fourth-order valence-electron chi connectivity index (χ4n) is 2.31. The van der Waals surface area contributed by atoms with Crippen LogP contribution in [0.2, 0.25) is 0 Å². The highest BCUT2D eigenvalue weighted by Gasteiger charge is 2.24. The summed E-state index contributed by atoms with van der Waals surface area (Å²) in [6.45, 7) is 6.94. The Kier molecular flexibility index (Phi) is 7.82. The van der Waals surface area contributed by atoms with Gasteiger partial charge in [-0.2, -0.15) is 0 Å². The van der Waals surface area contributed by atoms with Crippen molar-refractivity contribution >= 4 is 24.8 Å². The minimum absolute atomic E-state index is 0. The molecule has 0 amide bonds. The molecule has 1 aromatic rings. The summed E-state index contributed by atoms with van der Waals surface area (Å²) in [5.74, 6) is -0.852. The lowest BCUT2D eigenvalue weighted by Gasteiger charge is -2.33. The van der Waals surface area contributed by atoms with Crippen molar-refractivity contribution < 1.29 is 8.78 Å². The van der Waals surface area contributed by atoms with Crippen LogP contribution < -0.4 is 5.32 Å². The summed E-state index contributed by atoms with van der Waals surface area (Å²) in [6, 6.07) is 2.63. The first kappa shape index (κ1) is 18.6. The fourth-order valence-corrected chi connectivity index (χ4v) is 2.31. The van der Waals surface area contributed by atoms with Crippen LogP contribution in [0.3, 0.4) is 0 Å². The molecule has 1 fully saturated rings. The van der Waals surface area contributed by atoms with Crippen molar-refractivity contribution in [2.24, 2.45) is 0 Å². The first-order valence-corrected chi connectivity index (χ1v) is 6.00. The molecule has 19 heavy (non-hydrogen) atoms. The molecular formula is C13H20Cl2F2N2. The second kappa shape index (κ2) is 8.00. The smallest absolute Gasteiger partial charge is 0.133 e. The number of nitrogens with one attached hydrogen (secondary N) is 1. The van der Waals surface area contributed by atoms with Gasteiger partial charge in [0.25, 0.3) is 0 Å². The van der Waals surface area contributed by atoms with E-state index in [-0.39, 0.29) is 36.4 Å². The van der Waals surface area contributed by atoms with Crippen LogP contribution in [0.25, 0.3) is 0 Å². The van der Waals surface area contributed by atoms with Gasteiger partial charge in [-0.25, -0.2) is 8.78 Å². The number of hydrogen-bond donors (Lipinski definition) is 1. The Balaban J connectivity index is 0.00000162. The number of piperazine rings is 1. The molecule has 0 aliphatic carbocycles. The highest BCUT2D eigenvalue weighted by Crippen LogP contribution is 2.27. The SMILES string of the molecule is Cc1ccc(F)c([C@@H](C)N2CCNCC2)c1F.Cl.Cl. The van der Waals surface area contributed by atoms with Crippen LogP contribution in [-0.4, -0.2) is 31.1 Å². The molecule has 1 N–H and O–H groups in total. The Bertz CT molecular complexity index is 410. The van der Waals surface area contributed by atoms with E-state index in [1.54, 1.807) is 6.92 Å². The van der Waals surface area contributed by atoms with Crippen LogP contribution in [0.15, 0.2) is 12.1 Å². The Morgan fingerprint density at radius 3 is 2.32 bits per heavy atom. The third kappa shape index (κ3) is 4.02. The maximum absolute atomic E-state index is 14.0. The first-order chi connectivity index (χ1) is 8.11. The van der Waals surface area contributed by atoms with Gasteiger partial charge in [0.2, 0.25) is 0 Å². The number of rotatable bonds is 2. The third-order valence-electron chi connectivity index (χ3n) is 3.44. The van der Waals surface area contributed by atoms with Crippen molar-refractivity contribution in [2.75, 3.05) is 26.2 Å². The normalized spacial score (nSPS) is 17.3. The summed E-state index contributed by atoms with van der Waals surface area (Å²) in [6.07, 6.45) is 0. The molecule has 0 saturated carbocycles. The van der Waals surface area contributed by atoms with Gasteiger partial charge in [0.05, 0.1) is 0 Å². The minimum Gasteiger partial charge on any atom is -0.314 e. The number of nitrogens with zero attached hydrogens (tertiary/aromatic N) is 1. The van der Waals surface area contributed by atoms with Crippen LogP contribution in [0.1, 0.15) is 24.1 Å². The standard InChI is InChI=1S/C13H18F2N2.2ClH/c1-9-3-4-11(14)12(13(9)15)10(2)17-7-5-16-6-8-17;;/h3-4,10,16H,5-8H2,1-2H3;2*1H/t10-;;/m1../s1. The monoisotopic (exact) mass is 312 g/mol. The van der Waals surface area contributed by atoms with E-state index in [2.05, 4.69) is 10.2 Å². The Morgan fingerprint density at radius 1 is 1.16 bits per heavy atom. The first-order valence-electron chi connectivity index (χ1n) is 6.00. The largest absolute Gasteiger partial charge is 0.314 e. The fraction of sp³-hybridized carbons (Fsp3) is 0.538. The molecule has 1 saturated heterocycles. The Hall–Kier alpha value is -0.420. The lowest BCUT2D eigenvalue weighted by Crippen LogP contribution is -2.44. The van der Waals surface area contributed by atoms with E-state index in [0.717, 1.165) is 26.2 Å². The third-order valence-corrected chi connectivity index (χ3v) is 3.44. The molecule has 1 aromatic carbocycles. The van der Waals surface area contributed by atoms with E-state index in [1.807, 2.05) is 6.92 Å². The summed E-state index contributed by atoms with van der Waals surface area (Å²) >= 11 is 0. The molecule has 1 aliphatic heterocycles. The van der Waals surface area contributed by atoms with Crippen LogP contribution >= 0.6 is 24.8 Å². The molecule has 2 rings (SSSR count). The molecule has 110 valence electrons. The van der Waals surface area contributed by atoms with Crippen LogP contribution in [-0.2, 0) is 0 Å². The second-order valence-corrected chi connectivity index (χ2v) is 4.55. The summed E-state index contributed by atoms with van der Waals surface area (Å²) in [4.78, 5) is 2.11. The zero-order valence-corrected chi connectivity index (χ0v) is 12.7. The minimum atomic E-state index is -0.445. The summed E-state index contributed by atoms with van der Waals surface area (Å²) in [5, 5.41) is 3.23. The summed E-state index contributed by atoms with van der Waals surface area (Å²) < 4.78 is 27.7.